The Hall–Kier alpha value is -0.810. The fourth-order valence-electron chi connectivity index (χ4n) is 1.92. The van der Waals surface area contributed by atoms with Gasteiger partial charge in [0.1, 0.15) is 0 Å². The molecule has 1 aliphatic heterocycles. The average molecular weight is 287 g/mol. The van der Waals surface area contributed by atoms with E-state index in [4.69, 9.17) is 4.42 Å². The molecule has 1 aromatic heterocycles. The molecular weight excluding hydrogens is 272 g/mol. The van der Waals surface area contributed by atoms with E-state index in [0.717, 1.165) is 13.1 Å². The zero-order valence-corrected chi connectivity index (χ0v) is 11.0. The normalized spacial score (nSPS) is 19.8. The van der Waals surface area contributed by atoms with Gasteiger partial charge >= 0.3 is 0 Å². The quantitative estimate of drug-likeness (QED) is 0.857. The SMILES string of the molecule is CC1(C)CNCCN1C(=O)c1ccc(Br)o1. The fourth-order valence-corrected chi connectivity index (χ4v) is 2.23. The molecule has 16 heavy (non-hydrogen) atoms. The molecule has 0 atom stereocenters. The van der Waals surface area contributed by atoms with E-state index in [0.29, 0.717) is 17.0 Å². The smallest absolute Gasteiger partial charge is 0.290 e. The Labute approximate surface area is 103 Å². The summed E-state index contributed by atoms with van der Waals surface area (Å²) >= 11 is 3.20. The lowest BCUT2D eigenvalue weighted by Gasteiger charge is -2.42. The van der Waals surface area contributed by atoms with Crippen LogP contribution in [-0.4, -0.2) is 36.0 Å². The Morgan fingerprint density at radius 3 is 2.88 bits per heavy atom. The summed E-state index contributed by atoms with van der Waals surface area (Å²) in [5.74, 6) is 0.346. The number of carbonyl (C=O) groups excluding carboxylic acids is 1. The maximum Gasteiger partial charge on any atom is 0.290 e. The highest BCUT2D eigenvalue weighted by atomic mass is 79.9. The molecular formula is C11H15BrN2O2. The zero-order valence-electron chi connectivity index (χ0n) is 9.42. The highest BCUT2D eigenvalue weighted by Crippen LogP contribution is 2.22. The fraction of sp³-hybridized carbons (Fsp3) is 0.545. The third kappa shape index (κ3) is 2.15. The Morgan fingerprint density at radius 2 is 2.31 bits per heavy atom. The van der Waals surface area contributed by atoms with Gasteiger partial charge in [0, 0.05) is 19.6 Å². The first-order valence-electron chi connectivity index (χ1n) is 5.29. The van der Waals surface area contributed by atoms with E-state index in [1.54, 1.807) is 12.1 Å². The van der Waals surface area contributed by atoms with Crippen LogP contribution in [0.25, 0.3) is 0 Å². The molecule has 4 nitrogen and oxygen atoms in total. The molecule has 0 saturated carbocycles. The van der Waals surface area contributed by atoms with Crippen molar-refractivity contribution in [2.24, 2.45) is 0 Å². The summed E-state index contributed by atoms with van der Waals surface area (Å²) in [6.07, 6.45) is 0. The van der Waals surface area contributed by atoms with Crippen LogP contribution in [0.5, 0.6) is 0 Å². The van der Waals surface area contributed by atoms with Gasteiger partial charge in [0.25, 0.3) is 5.91 Å². The van der Waals surface area contributed by atoms with Crippen LogP contribution < -0.4 is 5.32 Å². The van der Waals surface area contributed by atoms with Gasteiger partial charge in [0.05, 0.1) is 5.54 Å². The lowest BCUT2D eigenvalue weighted by Crippen LogP contribution is -2.59. The second-order valence-electron chi connectivity index (χ2n) is 4.55. The van der Waals surface area contributed by atoms with Crippen molar-refractivity contribution in [1.29, 1.82) is 0 Å². The van der Waals surface area contributed by atoms with E-state index in [-0.39, 0.29) is 11.4 Å². The molecule has 0 unspecified atom stereocenters. The van der Waals surface area contributed by atoms with Crippen molar-refractivity contribution in [3.8, 4) is 0 Å². The van der Waals surface area contributed by atoms with Gasteiger partial charge in [-0.3, -0.25) is 4.79 Å². The topological polar surface area (TPSA) is 45.5 Å². The lowest BCUT2D eigenvalue weighted by atomic mass is 10.00. The summed E-state index contributed by atoms with van der Waals surface area (Å²) in [5.41, 5.74) is -0.172. The molecule has 1 amide bonds. The Balaban J connectivity index is 2.20. The number of carbonyl (C=O) groups is 1. The number of piperazine rings is 1. The van der Waals surface area contributed by atoms with Crippen molar-refractivity contribution in [3.63, 3.8) is 0 Å². The van der Waals surface area contributed by atoms with Crippen molar-refractivity contribution in [1.82, 2.24) is 10.2 Å². The molecule has 0 aromatic carbocycles. The van der Waals surface area contributed by atoms with E-state index in [2.05, 4.69) is 35.1 Å². The first-order valence-corrected chi connectivity index (χ1v) is 6.08. The second-order valence-corrected chi connectivity index (χ2v) is 5.33. The van der Waals surface area contributed by atoms with Gasteiger partial charge in [-0.05, 0) is 41.9 Å². The molecule has 1 aromatic rings. The predicted molar refractivity (Wildman–Crippen MR) is 64.4 cm³/mol. The van der Waals surface area contributed by atoms with Crippen molar-refractivity contribution in [3.05, 3.63) is 22.6 Å². The first kappa shape index (κ1) is 11.7. The minimum Gasteiger partial charge on any atom is -0.444 e. The van der Waals surface area contributed by atoms with Crippen molar-refractivity contribution >= 4 is 21.8 Å². The van der Waals surface area contributed by atoms with Gasteiger partial charge in [0.2, 0.25) is 0 Å². The molecule has 1 N–H and O–H groups in total. The van der Waals surface area contributed by atoms with E-state index in [1.165, 1.54) is 0 Å². The lowest BCUT2D eigenvalue weighted by molar-refractivity contribution is 0.0444. The molecule has 0 aliphatic carbocycles. The summed E-state index contributed by atoms with van der Waals surface area (Å²) in [6, 6.07) is 3.44. The molecule has 0 spiro atoms. The molecule has 0 bridgehead atoms. The minimum absolute atomic E-state index is 0.0443. The van der Waals surface area contributed by atoms with E-state index in [9.17, 15) is 4.79 Å². The number of nitrogens with one attached hydrogen (secondary N) is 1. The van der Waals surface area contributed by atoms with Crippen LogP contribution in [0.1, 0.15) is 24.4 Å². The highest BCUT2D eigenvalue weighted by Gasteiger charge is 2.34. The Bertz CT molecular complexity index is 400. The summed E-state index contributed by atoms with van der Waals surface area (Å²) in [5, 5.41) is 3.28. The number of furan rings is 1. The number of rotatable bonds is 1. The van der Waals surface area contributed by atoms with Gasteiger partial charge in [-0.15, -0.1) is 0 Å². The van der Waals surface area contributed by atoms with Crippen molar-refractivity contribution < 1.29 is 9.21 Å². The molecule has 1 fully saturated rings. The monoisotopic (exact) mass is 286 g/mol. The van der Waals surface area contributed by atoms with E-state index < -0.39 is 0 Å². The number of hydrogen-bond donors (Lipinski definition) is 1. The Morgan fingerprint density at radius 1 is 1.56 bits per heavy atom. The molecule has 88 valence electrons. The second kappa shape index (κ2) is 4.22. The molecule has 2 heterocycles. The van der Waals surface area contributed by atoms with Gasteiger partial charge in [-0.1, -0.05) is 0 Å². The number of nitrogens with zero attached hydrogens (tertiary/aromatic N) is 1. The van der Waals surface area contributed by atoms with E-state index in [1.807, 2.05) is 4.90 Å². The number of halogens is 1. The van der Waals surface area contributed by atoms with Crippen molar-refractivity contribution in [2.75, 3.05) is 19.6 Å². The molecule has 5 heteroatoms. The molecule has 2 rings (SSSR count). The number of hydrogen-bond acceptors (Lipinski definition) is 3. The maximum absolute atomic E-state index is 12.2. The van der Waals surface area contributed by atoms with Crippen LogP contribution >= 0.6 is 15.9 Å². The first-order chi connectivity index (χ1) is 7.50. The maximum atomic E-state index is 12.2. The molecule has 1 aliphatic rings. The summed E-state index contributed by atoms with van der Waals surface area (Å²) in [4.78, 5) is 14.1. The van der Waals surface area contributed by atoms with Crippen LogP contribution in [0, 0.1) is 0 Å². The third-order valence-electron chi connectivity index (χ3n) is 2.83. The standard InChI is InChI=1S/C11H15BrN2O2/c1-11(2)7-13-5-6-14(11)10(15)8-3-4-9(12)16-8/h3-4,13H,5-7H2,1-2H3. The van der Waals surface area contributed by atoms with Crippen LogP contribution in [0.15, 0.2) is 21.2 Å². The van der Waals surface area contributed by atoms with Gasteiger partial charge in [0.15, 0.2) is 10.4 Å². The van der Waals surface area contributed by atoms with E-state index >= 15 is 0 Å². The molecule has 1 saturated heterocycles. The van der Waals surface area contributed by atoms with Crippen LogP contribution in [0.2, 0.25) is 0 Å². The third-order valence-corrected chi connectivity index (χ3v) is 3.26. The Kier molecular flexibility index (Phi) is 3.08. The predicted octanol–water partition coefficient (Wildman–Crippen LogP) is 1.87. The van der Waals surface area contributed by atoms with Gasteiger partial charge in [-0.25, -0.2) is 0 Å². The zero-order chi connectivity index (χ0) is 11.8. The molecule has 0 radical (unpaired) electrons. The largest absolute Gasteiger partial charge is 0.444 e. The average Bonchev–Trinajstić information content (AvgIpc) is 2.63. The van der Waals surface area contributed by atoms with Gasteiger partial charge in [-0.2, -0.15) is 0 Å². The van der Waals surface area contributed by atoms with Crippen molar-refractivity contribution in [2.45, 2.75) is 19.4 Å². The summed E-state index contributed by atoms with van der Waals surface area (Å²) < 4.78 is 5.88. The van der Waals surface area contributed by atoms with Crippen LogP contribution in [-0.2, 0) is 0 Å². The minimum atomic E-state index is -0.172. The number of amides is 1. The van der Waals surface area contributed by atoms with Gasteiger partial charge < -0.3 is 14.6 Å². The summed E-state index contributed by atoms with van der Waals surface area (Å²) in [6.45, 7) is 6.45. The highest BCUT2D eigenvalue weighted by molar-refractivity contribution is 9.10. The van der Waals surface area contributed by atoms with Crippen LogP contribution in [0.3, 0.4) is 0 Å². The van der Waals surface area contributed by atoms with Crippen LogP contribution in [0.4, 0.5) is 0 Å². The summed E-state index contributed by atoms with van der Waals surface area (Å²) in [7, 11) is 0.